The van der Waals surface area contributed by atoms with Crippen LogP contribution in [0.2, 0.25) is 0 Å². The molecule has 0 spiro atoms. The second kappa shape index (κ2) is 11.6. The van der Waals surface area contributed by atoms with Crippen molar-refractivity contribution in [3.8, 4) is 16.9 Å². The first-order valence-corrected chi connectivity index (χ1v) is 15.4. The average Bonchev–Trinajstić information content (AvgIpc) is 2.96. The van der Waals surface area contributed by atoms with Crippen molar-refractivity contribution in [2.24, 2.45) is 0 Å². The summed E-state index contributed by atoms with van der Waals surface area (Å²) in [5.74, 6) is 1.48. The number of sulfonamides is 2. The van der Waals surface area contributed by atoms with E-state index in [1.54, 1.807) is 30.5 Å². The summed E-state index contributed by atoms with van der Waals surface area (Å²) in [6.07, 6.45) is 2.23. The molecule has 1 aliphatic rings. The highest BCUT2D eigenvalue weighted by Gasteiger charge is 2.17. The van der Waals surface area contributed by atoms with Crippen molar-refractivity contribution in [1.82, 2.24) is 19.4 Å². The van der Waals surface area contributed by atoms with Gasteiger partial charge in [-0.05, 0) is 60.0 Å². The Morgan fingerprint density at radius 1 is 1.00 bits per heavy atom. The van der Waals surface area contributed by atoms with E-state index in [1.807, 2.05) is 24.3 Å². The summed E-state index contributed by atoms with van der Waals surface area (Å²) in [6, 6.07) is 20.1. The summed E-state index contributed by atoms with van der Waals surface area (Å²) in [7, 11) is -5.80. The monoisotopic (exact) mass is 580 g/mol. The largest absolute Gasteiger partial charge is 0.497 e. The van der Waals surface area contributed by atoms with Crippen molar-refractivity contribution in [2.45, 2.75) is 22.8 Å². The number of ether oxygens (including phenoxy) is 1. The van der Waals surface area contributed by atoms with Gasteiger partial charge in [0.2, 0.25) is 26.0 Å². The quantitative estimate of drug-likeness (QED) is 0.269. The predicted octanol–water partition coefficient (Wildman–Crippen LogP) is 3.47. The van der Waals surface area contributed by atoms with Crippen LogP contribution in [0.1, 0.15) is 12.0 Å². The molecule has 0 unspecified atom stereocenters. The highest BCUT2D eigenvalue weighted by atomic mass is 32.2. The number of rotatable bonds is 6. The van der Waals surface area contributed by atoms with Gasteiger partial charge in [-0.1, -0.05) is 30.3 Å². The van der Waals surface area contributed by atoms with Gasteiger partial charge in [0.1, 0.15) is 11.6 Å². The molecule has 208 valence electrons. The third-order valence-electron chi connectivity index (χ3n) is 6.23. The maximum atomic E-state index is 12.7. The van der Waals surface area contributed by atoms with Gasteiger partial charge in [-0.2, -0.15) is 4.98 Å². The van der Waals surface area contributed by atoms with E-state index in [9.17, 15) is 16.8 Å². The van der Waals surface area contributed by atoms with Crippen LogP contribution in [0.15, 0.2) is 88.8 Å². The maximum absolute atomic E-state index is 12.7. The Morgan fingerprint density at radius 3 is 2.52 bits per heavy atom. The van der Waals surface area contributed by atoms with E-state index < -0.39 is 20.0 Å². The molecular formula is C27H28N6O5S2. The summed E-state index contributed by atoms with van der Waals surface area (Å²) in [4.78, 5) is 9.39. The van der Waals surface area contributed by atoms with Crippen LogP contribution in [0.3, 0.4) is 0 Å². The Morgan fingerprint density at radius 2 is 1.77 bits per heavy atom. The molecule has 1 aromatic heterocycles. The first-order chi connectivity index (χ1) is 19.2. The first kappa shape index (κ1) is 27.5. The van der Waals surface area contributed by atoms with Crippen molar-refractivity contribution >= 4 is 37.5 Å². The minimum absolute atomic E-state index is 0.119. The summed E-state index contributed by atoms with van der Waals surface area (Å²) in [5.41, 5.74) is 2.91. The van der Waals surface area contributed by atoms with Gasteiger partial charge in [-0.15, -0.1) is 0 Å². The summed E-state index contributed by atoms with van der Waals surface area (Å²) < 4.78 is 60.8. The van der Waals surface area contributed by atoms with E-state index in [-0.39, 0.29) is 22.9 Å². The molecule has 4 bridgehead atoms. The molecule has 2 heterocycles. The number of fused-ring (bicyclic) bond motifs is 4. The highest BCUT2D eigenvalue weighted by molar-refractivity contribution is 7.89. The molecule has 5 rings (SSSR count). The number of hydrogen-bond acceptors (Lipinski definition) is 9. The Bertz CT molecular complexity index is 1710. The van der Waals surface area contributed by atoms with E-state index in [2.05, 4.69) is 30.0 Å². The van der Waals surface area contributed by atoms with Crippen molar-refractivity contribution in [3.05, 3.63) is 84.6 Å². The third kappa shape index (κ3) is 6.39. The Hall–Kier alpha value is -4.04. The van der Waals surface area contributed by atoms with Crippen LogP contribution in [0.4, 0.5) is 17.5 Å². The summed E-state index contributed by atoms with van der Waals surface area (Å²) in [5, 5.41) is 6.36. The molecule has 40 heavy (non-hydrogen) atoms. The molecule has 0 fully saturated rings. The van der Waals surface area contributed by atoms with Gasteiger partial charge in [-0.25, -0.2) is 31.3 Å². The fourth-order valence-electron chi connectivity index (χ4n) is 4.06. The number of hydrogen-bond donors (Lipinski definition) is 4. The SMILES string of the molecule is COc1ccc(S(=O)(=O)NCc2ccc(-c3cnc4nc3NCCCNS(=O)(=O)c3cccc(c3)N4)cc2)cc1. The third-order valence-corrected chi connectivity index (χ3v) is 9.10. The van der Waals surface area contributed by atoms with E-state index >= 15 is 0 Å². The van der Waals surface area contributed by atoms with Crippen LogP contribution in [0, 0.1) is 0 Å². The topological polar surface area (TPSA) is 151 Å². The van der Waals surface area contributed by atoms with Crippen molar-refractivity contribution < 1.29 is 21.6 Å². The van der Waals surface area contributed by atoms with Gasteiger partial charge in [0.15, 0.2) is 0 Å². The molecule has 0 amide bonds. The number of benzene rings is 3. The molecule has 11 nitrogen and oxygen atoms in total. The maximum Gasteiger partial charge on any atom is 0.240 e. The predicted molar refractivity (Wildman–Crippen MR) is 153 cm³/mol. The molecule has 1 aliphatic heterocycles. The number of nitrogens with zero attached hydrogens (tertiary/aromatic N) is 2. The lowest BCUT2D eigenvalue weighted by Crippen LogP contribution is -2.26. The molecule has 0 radical (unpaired) electrons. The van der Waals surface area contributed by atoms with Crippen molar-refractivity contribution in [2.75, 3.05) is 30.8 Å². The van der Waals surface area contributed by atoms with Gasteiger partial charge in [0, 0.05) is 37.1 Å². The van der Waals surface area contributed by atoms with Crippen LogP contribution in [0.25, 0.3) is 11.1 Å². The van der Waals surface area contributed by atoms with Gasteiger partial charge < -0.3 is 15.4 Å². The van der Waals surface area contributed by atoms with Gasteiger partial charge >= 0.3 is 0 Å². The molecule has 0 saturated carbocycles. The van der Waals surface area contributed by atoms with Crippen LogP contribution in [-0.2, 0) is 26.6 Å². The highest BCUT2D eigenvalue weighted by Crippen LogP contribution is 2.28. The normalized spacial score (nSPS) is 14.9. The molecule has 0 aliphatic carbocycles. The number of anilines is 3. The standard InChI is InChI=1S/C27H28N6O5S2/c1-38-22-10-12-23(13-11-22)39(34,35)31-17-19-6-8-20(9-7-19)25-18-29-27-32-21-4-2-5-24(16-21)40(36,37)30-15-3-14-28-26(25)33-27/h2,4-13,16,18,30-31H,3,14-15,17H2,1H3,(H2,28,29,32,33). The van der Waals surface area contributed by atoms with Crippen LogP contribution < -0.4 is 24.8 Å². The molecule has 3 aromatic carbocycles. The number of methoxy groups -OCH3 is 1. The Balaban J connectivity index is 1.34. The zero-order valence-corrected chi connectivity index (χ0v) is 23.2. The molecule has 4 aromatic rings. The lowest BCUT2D eigenvalue weighted by Gasteiger charge is -2.14. The fraction of sp³-hybridized carbons (Fsp3) is 0.185. The zero-order chi connectivity index (χ0) is 28.2. The molecule has 13 heteroatoms. The Labute approximate surface area is 233 Å². The van der Waals surface area contributed by atoms with Crippen LogP contribution in [0.5, 0.6) is 5.75 Å². The first-order valence-electron chi connectivity index (χ1n) is 12.4. The fourth-order valence-corrected chi connectivity index (χ4v) is 6.20. The smallest absolute Gasteiger partial charge is 0.240 e. The zero-order valence-electron chi connectivity index (χ0n) is 21.6. The Kier molecular flexibility index (Phi) is 7.98. The van der Waals surface area contributed by atoms with E-state index in [1.165, 1.54) is 31.4 Å². The van der Waals surface area contributed by atoms with E-state index in [4.69, 9.17) is 4.74 Å². The molecule has 0 atom stereocenters. The van der Waals surface area contributed by atoms with Gasteiger partial charge in [-0.3, -0.25) is 0 Å². The van der Waals surface area contributed by atoms with Gasteiger partial charge in [0.25, 0.3) is 0 Å². The molecule has 0 saturated heterocycles. The van der Waals surface area contributed by atoms with Crippen LogP contribution >= 0.6 is 0 Å². The minimum Gasteiger partial charge on any atom is -0.497 e. The summed E-state index contributed by atoms with van der Waals surface area (Å²) >= 11 is 0. The van der Waals surface area contributed by atoms with E-state index in [0.29, 0.717) is 36.2 Å². The minimum atomic E-state index is -3.69. The number of nitrogens with one attached hydrogen (secondary N) is 4. The molecule has 4 N–H and O–H groups in total. The average molecular weight is 581 g/mol. The molecular weight excluding hydrogens is 552 g/mol. The lowest BCUT2D eigenvalue weighted by atomic mass is 10.1. The van der Waals surface area contributed by atoms with E-state index in [0.717, 1.165) is 16.7 Å². The number of aromatic nitrogens is 2. The van der Waals surface area contributed by atoms with Crippen molar-refractivity contribution in [3.63, 3.8) is 0 Å². The van der Waals surface area contributed by atoms with Crippen molar-refractivity contribution in [1.29, 1.82) is 0 Å². The second-order valence-electron chi connectivity index (χ2n) is 8.98. The van der Waals surface area contributed by atoms with Crippen LogP contribution in [-0.4, -0.2) is 47.0 Å². The van der Waals surface area contributed by atoms with Gasteiger partial charge in [0.05, 0.1) is 16.9 Å². The second-order valence-corrected chi connectivity index (χ2v) is 12.5. The lowest BCUT2D eigenvalue weighted by molar-refractivity contribution is 0.414. The summed E-state index contributed by atoms with van der Waals surface area (Å²) in [6.45, 7) is 0.865.